The highest BCUT2D eigenvalue weighted by atomic mass is 32.2. The van der Waals surface area contributed by atoms with E-state index in [9.17, 15) is 13.0 Å². The first kappa shape index (κ1) is 33.2. The van der Waals surface area contributed by atoms with Crippen molar-refractivity contribution in [1.82, 2.24) is 0 Å². The van der Waals surface area contributed by atoms with E-state index in [1.807, 2.05) is 12.1 Å². The lowest BCUT2D eigenvalue weighted by molar-refractivity contribution is 0.0458. The highest BCUT2D eigenvalue weighted by Gasteiger charge is 2.46. The van der Waals surface area contributed by atoms with Crippen LogP contribution in [0.2, 0.25) is 0 Å². The van der Waals surface area contributed by atoms with Gasteiger partial charge in [-0.2, -0.15) is 8.42 Å². The standard InChI is InChI=1S/C32H58O3S/c1-19(2)21(5)23(7)25(9)27(11)29(13)32(14,28(12)26(10)24(8)22(6)20(3)4)30-15-17-31(18-16-30)36(33,34)35/h15-29H,1-14H3,(H,33,34,35). The predicted octanol–water partition coefficient (Wildman–Crippen LogP) is 9.23. The second kappa shape index (κ2) is 12.8. The smallest absolute Gasteiger partial charge is 0.282 e. The average Bonchev–Trinajstić information content (AvgIpc) is 2.83. The average molecular weight is 523 g/mol. The van der Waals surface area contributed by atoms with Crippen LogP contribution in [0.5, 0.6) is 0 Å². The van der Waals surface area contributed by atoms with Gasteiger partial charge in [0, 0.05) is 0 Å². The molecule has 1 rings (SSSR count). The van der Waals surface area contributed by atoms with E-state index in [1.54, 1.807) is 12.1 Å². The summed E-state index contributed by atoms with van der Waals surface area (Å²) < 4.78 is 33.1. The molecule has 0 bridgehead atoms. The second-order valence-electron chi connectivity index (χ2n) is 13.4. The molecule has 1 aromatic rings. The van der Waals surface area contributed by atoms with Crippen LogP contribution in [-0.2, 0) is 15.5 Å². The fourth-order valence-electron chi connectivity index (χ4n) is 6.58. The molecule has 0 aliphatic rings. The minimum Gasteiger partial charge on any atom is -0.282 e. The highest BCUT2D eigenvalue weighted by Crippen LogP contribution is 2.50. The minimum absolute atomic E-state index is 0.0375. The fraction of sp³-hybridized carbons (Fsp3) is 0.812. The van der Waals surface area contributed by atoms with Gasteiger partial charge in [-0.3, -0.25) is 4.55 Å². The van der Waals surface area contributed by atoms with Crippen molar-refractivity contribution < 1.29 is 13.0 Å². The van der Waals surface area contributed by atoms with Gasteiger partial charge in [0.1, 0.15) is 0 Å². The van der Waals surface area contributed by atoms with E-state index in [4.69, 9.17) is 0 Å². The van der Waals surface area contributed by atoms with Crippen LogP contribution in [0.15, 0.2) is 29.2 Å². The Hall–Kier alpha value is -0.870. The molecule has 0 saturated heterocycles. The van der Waals surface area contributed by atoms with Gasteiger partial charge in [0.25, 0.3) is 10.1 Å². The molecule has 210 valence electrons. The molecule has 0 amide bonds. The summed E-state index contributed by atoms with van der Waals surface area (Å²) in [6, 6.07) is 7.03. The number of benzene rings is 1. The van der Waals surface area contributed by atoms with Crippen LogP contribution in [0, 0.1) is 65.1 Å². The molecule has 0 aromatic heterocycles. The lowest BCUT2D eigenvalue weighted by Crippen LogP contribution is -2.46. The molecule has 36 heavy (non-hydrogen) atoms. The van der Waals surface area contributed by atoms with E-state index >= 15 is 0 Å². The number of rotatable bonds is 13. The Morgan fingerprint density at radius 1 is 0.556 bits per heavy atom. The van der Waals surface area contributed by atoms with Gasteiger partial charge in [0.15, 0.2) is 0 Å². The van der Waals surface area contributed by atoms with Crippen LogP contribution in [-0.4, -0.2) is 13.0 Å². The molecule has 10 unspecified atom stereocenters. The summed E-state index contributed by atoms with van der Waals surface area (Å²) in [6.07, 6.45) is 0. The predicted molar refractivity (Wildman–Crippen MR) is 156 cm³/mol. The minimum atomic E-state index is -4.21. The largest absolute Gasteiger partial charge is 0.294 e. The van der Waals surface area contributed by atoms with E-state index in [2.05, 4.69) is 96.9 Å². The number of hydrogen-bond donors (Lipinski definition) is 1. The lowest BCUT2D eigenvalue weighted by atomic mass is 9.54. The van der Waals surface area contributed by atoms with Gasteiger partial charge < -0.3 is 0 Å². The van der Waals surface area contributed by atoms with Crippen LogP contribution in [0.1, 0.15) is 102 Å². The van der Waals surface area contributed by atoms with Crippen LogP contribution in [0.3, 0.4) is 0 Å². The third-order valence-corrected chi connectivity index (χ3v) is 12.4. The van der Waals surface area contributed by atoms with Crippen LogP contribution in [0.4, 0.5) is 0 Å². The SMILES string of the molecule is CC(C)C(C)C(C)C(C)C(C)C(C)C(C)(c1ccc(S(=O)(=O)O)cc1)C(C)C(C)C(C)C(C)C(C)C. The van der Waals surface area contributed by atoms with Gasteiger partial charge >= 0.3 is 0 Å². The van der Waals surface area contributed by atoms with Gasteiger partial charge in [-0.25, -0.2) is 0 Å². The van der Waals surface area contributed by atoms with Crippen LogP contribution < -0.4 is 0 Å². The maximum Gasteiger partial charge on any atom is 0.294 e. The third-order valence-electron chi connectivity index (χ3n) is 11.5. The zero-order chi connectivity index (χ0) is 28.3. The normalized spacial score (nSPS) is 22.2. The first-order chi connectivity index (χ1) is 16.3. The molecule has 0 aliphatic heterocycles. The van der Waals surface area contributed by atoms with Crippen molar-refractivity contribution in [2.75, 3.05) is 0 Å². The zero-order valence-electron chi connectivity index (χ0n) is 25.8. The molecule has 0 radical (unpaired) electrons. The summed E-state index contributed by atoms with van der Waals surface area (Å²) in [5, 5.41) is 0. The van der Waals surface area contributed by atoms with Crippen molar-refractivity contribution in [3.8, 4) is 0 Å². The molecule has 1 N–H and O–H groups in total. The Morgan fingerprint density at radius 3 is 1.17 bits per heavy atom. The zero-order valence-corrected chi connectivity index (χ0v) is 26.6. The third kappa shape index (κ3) is 7.16. The molecule has 0 fully saturated rings. The van der Waals surface area contributed by atoms with Crippen molar-refractivity contribution in [2.45, 2.75) is 107 Å². The molecule has 0 aliphatic carbocycles. The Kier molecular flexibility index (Phi) is 11.8. The van der Waals surface area contributed by atoms with Crippen LogP contribution in [0.25, 0.3) is 0 Å². The summed E-state index contributed by atoms with van der Waals surface area (Å²) in [4.78, 5) is -0.0375. The van der Waals surface area contributed by atoms with Crippen LogP contribution >= 0.6 is 0 Å². The molecule has 10 atom stereocenters. The maximum atomic E-state index is 11.7. The first-order valence-electron chi connectivity index (χ1n) is 14.4. The summed E-state index contributed by atoms with van der Waals surface area (Å²) in [6.45, 7) is 33.3. The maximum absolute atomic E-state index is 11.7. The summed E-state index contributed by atoms with van der Waals surface area (Å²) in [5.41, 5.74) is 1.01. The summed E-state index contributed by atoms with van der Waals surface area (Å²) in [5.74, 6) is 6.03. The van der Waals surface area contributed by atoms with E-state index in [-0.39, 0.29) is 10.3 Å². The monoisotopic (exact) mass is 522 g/mol. The van der Waals surface area contributed by atoms with Crippen molar-refractivity contribution in [3.63, 3.8) is 0 Å². The second-order valence-corrected chi connectivity index (χ2v) is 14.8. The van der Waals surface area contributed by atoms with E-state index in [1.165, 1.54) is 0 Å². The van der Waals surface area contributed by atoms with Gasteiger partial charge in [-0.05, 0) is 88.2 Å². The molecule has 0 saturated carbocycles. The summed E-state index contributed by atoms with van der Waals surface area (Å²) >= 11 is 0. The molecular formula is C32H58O3S. The van der Waals surface area contributed by atoms with E-state index in [0.29, 0.717) is 65.1 Å². The van der Waals surface area contributed by atoms with Gasteiger partial charge in [-0.15, -0.1) is 0 Å². The van der Waals surface area contributed by atoms with Crippen molar-refractivity contribution in [3.05, 3.63) is 29.8 Å². The Morgan fingerprint density at radius 2 is 0.861 bits per heavy atom. The quantitative estimate of drug-likeness (QED) is 0.263. The van der Waals surface area contributed by atoms with Gasteiger partial charge in [0.2, 0.25) is 0 Å². The molecule has 4 heteroatoms. The van der Waals surface area contributed by atoms with E-state index < -0.39 is 10.1 Å². The fourth-order valence-corrected chi connectivity index (χ4v) is 7.06. The van der Waals surface area contributed by atoms with Gasteiger partial charge in [-0.1, -0.05) is 109 Å². The molecule has 0 spiro atoms. The molecule has 0 heterocycles. The van der Waals surface area contributed by atoms with Crippen molar-refractivity contribution >= 4 is 10.1 Å². The lowest BCUT2D eigenvalue weighted by Gasteiger charge is -2.50. The summed E-state index contributed by atoms with van der Waals surface area (Å²) in [7, 11) is -4.21. The Bertz CT molecular complexity index is 904. The number of hydrogen-bond acceptors (Lipinski definition) is 2. The van der Waals surface area contributed by atoms with Crippen molar-refractivity contribution in [1.29, 1.82) is 0 Å². The topological polar surface area (TPSA) is 54.4 Å². The highest BCUT2D eigenvalue weighted by molar-refractivity contribution is 7.85. The molecule has 1 aromatic carbocycles. The van der Waals surface area contributed by atoms with Crippen molar-refractivity contribution in [2.24, 2.45) is 65.1 Å². The molecular weight excluding hydrogens is 464 g/mol. The first-order valence-corrected chi connectivity index (χ1v) is 15.8. The Balaban J connectivity index is 3.58. The molecule has 3 nitrogen and oxygen atoms in total. The van der Waals surface area contributed by atoms with E-state index in [0.717, 1.165) is 5.56 Å². The Labute approximate surface area is 225 Å². The van der Waals surface area contributed by atoms with Gasteiger partial charge in [0.05, 0.1) is 4.90 Å².